The fourth-order valence-corrected chi connectivity index (χ4v) is 9.37. The van der Waals surface area contributed by atoms with Crippen LogP contribution >= 0.6 is 15.2 Å². The smallest absolute Gasteiger partial charge is 0.342 e. The highest BCUT2D eigenvalue weighted by atomic mass is 31.2. The van der Waals surface area contributed by atoms with Crippen molar-refractivity contribution in [3.05, 3.63) is 46.6 Å². The topological polar surface area (TPSA) is 246 Å². The van der Waals surface area contributed by atoms with E-state index in [1.807, 2.05) is 13.0 Å². The van der Waals surface area contributed by atoms with Gasteiger partial charge >= 0.3 is 21.2 Å². The molecule has 0 saturated carbocycles. The minimum absolute atomic E-state index is 0.0713. The lowest BCUT2D eigenvalue weighted by atomic mass is 9.94. The van der Waals surface area contributed by atoms with Gasteiger partial charge in [0.15, 0.2) is 23.6 Å². The van der Waals surface area contributed by atoms with Crippen LogP contribution in [-0.4, -0.2) is 99.1 Å². The molecular formula is C30H41N5O13P2. The maximum Gasteiger partial charge on any atom is 0.342 e. The zero-order chi connectivity index (χ0) is 36.4. The summed E-state index contributed by atoms with van der Waals surface area (Å²) in [5.74, 6) is -1.28. The number of hydrogen-bond donors (Lipinski definition) is 4. The number of aromatic nitrogens is 4. The number of phenols is 1. The Balaban J connectivity index is 1.13. The van der Waals surface area contributed by atoms with E-state index in [9.17, 15) is 28.8 Å². The fraction of sp³-hybridized carbons (Fsp3) is 0.533. The summed E-state index contributed by atoms with van der Waals surface area (Å²) in [4.78, 5) is 45.4. The van der Waals surface area contributed by atoms with Gasteiger partial charge in [-0.05, 0) is 38.7 Å². The van der Waals surface area contributed by atoms with Crippen LogP contribution in [0.1, 0.15) is 53.0 Å². The Bertz CT molecular complexity index is 1870. The van der Waals surface area contributed by atoms with Crippen LogP contribution < -0.4 is 10.5 Å². The van der Waals surface area contributed by atoms with E-state index in [0.717, 1.165) is 5.57 Å². The zero-order valence-electron chi connectivity index (χ0n) is 28.2. The first kappa shape index (κ1) is 37.8. The molecule has 0 radical (unpaired) electrons. The molecular weight excluding hydrogens is 700 g/mol. The molecule has 3 unspecified atom stereocenters. The van der Waals surface area contributed by atoms with E-state index in [-0.39, 0.29) is 36.8 Å². The number of nitrogens with zero attached hydrogens (tertiary/aromatic N) is 4. The van der Waals surface area contributed by atoms with Crippen molar-refractivity contribution in [1.29, 1.82) is 0 Å². The van der Waals surface area contributed by atoms with E-state index in [2.05, 4.69) is 15.0 Å². The molecule has 3 aromatic rings. The Labute approximate surface area is 287 Å². The first-order chi connectivity index (χ1) is 23.7. The summed E-state index contributed by atoms with van der Waals surface area (Å²) >= 11 is 0. The van der Waals surface area contributed by atoms with Crippen LogP contribution in [0.3, 0.4) is 0 Å². The SMILES string of the molecule is COc1c(C)c2c(c(O)c1CC=C(C)CCCOP(=O)(O)CP(=O)(O)OC[C@H]1O[C@@H](n3cnc4c(N)ncnc43)C(OC)[C@H]1OC)C(=O)OC2. The highest BCUT2D eigenvalue weighted by Crippen LogP contribution is 2.58. The number of ether oxygens (including phenoxy) is 5. The Morgan fingerprint density at radius 2 is 1.84 bits per heavy atom. The molecule has 18 nitrogen and oxygen atoms in total. The number of aromatic hydroxyl groups is 1. The lowest BCUT2D eigenvalue weighted by Gasteiger charge is -2.22. The van der Waals surface area contributed by atoms with Crippen LogP contribution in [0.5, 0.6) is 11.5 Å². The van der Waals surface area contributed by atoms with E-state index in [4.69, 9.17) is 38.5 Å². The first-order valence-corrected chi connectivity index (χ1v) is 19.0. The largest absolute Gasteiger partial charge is 0.507 e. The molecule has 2 aliphatic rings. The molecule has 6 atom stereocenters. The molecule has 5 N–H and O–H groups in total. The molecule has 0 amide bonds. The molecule has 2 aliphatic heterocycles. The molecule has 50 heavy (non-hydrogen) atoms. The molecule has 1 fully saturated rings. The summed E-state index contributed by atoms with van der Waals surface area (Å²) in [5.41, 5.74) is 9.39. The van der Waals surface area contributed by atoms with Gasteiger partial charge in [-0.3, -0.25) is 13.7 Å². The summed E-state index contributed by atoms with van der Waals surface area (Å²) in [7, 11) is -4.85. The van der Waals surface area contributed by atoms with Gasteiger partial charge in [0.1, 0.15) is 53.8 Å². The highest BCUT2D eigenvalue weighted by Gasteiger charge is 2.48. The van der Waals surface area contributed by atoms with Crippen molar-refractivity contribution in [1.82, 2.24) is 19.5 Å². The summed E-state index contributed by atoms with van der Waals surface area (Å²) < 4.78 is 65.4. The number of hydrogen-bond acceptors (Lipinski definition) is 15. The van der Waals surface area contributed by atoms with Crippen molar-refractivity contribution in [3.63, 3.8) is 0 Å². The van der Waals surface area contributed by atoms with Gasteiger partial charge in [-0.1, -0.05) is 11.6 Å². The molecule has 2 aromatic heterocycles. The molecule has 0 aliphatic carbocycles. The Morgan fingerprint density at radius 1 is 1.12 bits per heavy atom. The number of cyclic esters (lactones) is 1. The van der Waals surface area contributed by atoms with Gasteiger partial charge in [-0.2, -0.15) is 0 Å². The number of allylic oxidation sites excluding steroid dienone is 2. The number of nitrogens with two attached hydrogens (primary N) is 1. The zero-order valence-corrected chi connectivity index (χ0v) is 30.0. The maximum atomic E-state index is 12.9. The third kappa shape index (κ3) is 7.88. The monoisotopic (exact) mass is 741 g/mol. The predicted molar refractivity (Wildman–Crippen MR) is 177 cm³/mol. The molecule has 5 rings (SSSR count). The number of rotatable bonds is 16. The van der Waals surface area contributed by atoms with Gasteiger partial charge in [-0.25, -0.2) is 19.7 Å². The van der Waals surface area contributed by atoms with E-state index >= 15 is 0 Å². The van der Waals surface area contributed by atoms with E-state index in [1.165, 1.54) is 34.0 Å². The van der Waals surface area contributed by atoms with Gasteiger partial charge in [0.2, 0.25) is 0 Å². The average molecular weight is 742 g/mol. The quantitative estimate of drug-likeness (QED) is 0.0711. The number of methoxy groups -OCH3 is 3. The number of fused-ring (bicyclic) bond motifs is 2. The highest BCUT2D eigenvalue weighted by molar-refractivity contribution is 7.70. The van der Waals surface area contributed by atoms with Crippen LogP contribution in [-0.2, 0) is 50.2 Å². The molecule has 1 aromatic carbocycles. The number of benzene rings is 1. The van der Waals surface area contributed by atoms with Gasteiger partial charge < -0.3 is 53.4 Å². The maximum absolute atomic E-state index is 12.9. The van der Waals surface area contributed by atoms with Crippen LogP contribution in [0.25, 0.3) is 11.2 Å². The Hall–Kier alpha value is -3.44. The molecule has 0 bridgehead atoms. The molecule has 274 valence electrons. The average Bonchev–Trinajstić information content (AvgIpc) is 3.77. The second-order valence-electron chi connectivity index (χ2n) is 11.9. The molecule has 20 heteroatoms. The first-order valence-electron chi connectivity index (χ1n) is 15.5. The number of carbonyl (C=O) groups is 1. The number of phenolic OH excluding ortho intramolecular Hbond substituents is 1. The van der Waals surface area contributed by atoms with Crippen molar-refractivity contribution < 1.29 is 61.5 Å². The lowest BCUT2D eigenvalue weighted by Crippen LogP contribution is -2.37. The van der Waals surface area contributed by atoms with Gasteiger partial charge in [0.25, 0.3) is 0 Å². The summed E-state index contributed by atoms with van der Waals surface area (Å²) in [6.07, 6.45) is 2.37. The predicted octanol–water partition coefficient (Wildman–Crippen LogP) is 3.36. The Morgan fingerprint density at radius 3 is 2.54 bits per heavy atom. The molecule has 0 spiro atoms. The van der Waals surface area contributed by atoms with Crippen LogP contribution in [0.2, 0.25) is 0 Å². The third-order valence-electron chi connectivity index (χ3n) is 8.60. The van der Waals surface area contributed by atoms with Crippen LogP contribution in [0.15, 0.2) is 24.3 Å². The fourth-order valence-electron chi connectivity index (χ4n) is 6.12. The number of imidazole rings is 1. The lowest BCUT2D eigenvalue weighted by molar-refractivity contribution is -0.0566. The van der Waals surface area contributed by atoms with E-state index in [0.29, 0.717) is 46.4 Å². The van der Waals surface area contributed by atoms with Crippen molar-refractivity contribution in [2.75, 3.05) is 46.2 Å². The summed E-state index contributed by atoms with van der Waals surface area (Å²) in [6.45, 7) is 3.05. The number of nitrogen functional groups attached to an aromatic ring is 1. The van der Waals surface area contributed by atoms with Gasteiger partial charge in [0.05, 0.1) is 26.7 Å². The number of esters is 1. The van der Waals surface area contributed by atoms with Crippen molar-refractivity contribution in [2.24, 2.45) is 0 Å². The Kier molecular flexibility index (Phi) is 11.7. The third-order valence-corrected chi connectivity index (χ3v) is 12.6. The second-order valence-corrected chi connectivity index (χ2v) is 16.1. The number of anilines is 1. The number of carbonyl (C=O) groups excluding carboxylic acids is 1. The van der Waals surface area contributed by atoms with Crippen molar-refractivity contribution in [3.8, 4) is 11.5 Å². The van der Waals surface area contributed by atoms with Crippen LogP contribution in [0.4, 0.5) is 5.82 Å². The van der Waals surface area contributed by atoms with E-state index < -0.39 is 58.2 Å². The van der Waals surface area contributed by atoms with Gasteiger partial charge in [-0.15, -0.1) is 0 Å². The minimum atomic E-state index is -4.65. The van der Waals surface area contributed by atoms with Crippen LogP contribution in [0, 0.1) is 6.92 Å². The van der Waals surface area contributed by atoms with Crippen molar-refractivity contribution in [2.45, 2.75) is 64.3 Å². The molecule has 1 saturated heterocycles. The second kappa shape index (κ2) is 15.4. The van der Waals surface area contributed by atoms with Gasteiger partial charge in [0, 0.05) is 25.3 Å². The standard InChI is InChI=1S/C30H41N5O13P2/c1-16(8-9-18-23(36)21-19(11-45-30(21)37)17(2)24(18)42-3)7-6-10-46-49(38,39)15-50(40,41)47-12-20-25(43-4)26(44-5)29(48-20)35-14-34-22-27(31)32-13-33-28(22)35/h8,13-14,20,25-26,29,36H,6-7,9-12,15H2,1-5H3,(H,38,39)(H,40,41)(H2,31,32,33)/t20-,25+,26?,29-/m1/s1. The normalized spacial score (nSPS) is 23.1. The van der Waals surface area contributed by atoms with E-state index in [1.54, 1.807) is 11.5 Å². The minimum Gasteiger partial charge on any atom is -0.507 e. The summed E-state index contributed by atoms with van der Waals surface area (Å²) in [5, 5.41) is 10.8. The summed E-state index contributed by atoms with van der Waals surface area (Å²) in [6, 6.07) is 0. The molecule has 4 heterocycles. The van der Waals surface area contributed by atoms with Crippen molar-refractivity contribution >= 4 is 38.1 Å².